The molecular weight excluding hydrogens is 358 g/mol. The fourth-order valence-electron chi connectivity index (χ4n) is 3.72. The third-order valence-corrected chi connectivity index (χ3v) is 5.16. The van der Waals surface area contributed by atoms with Gasteiger partial charge in [0.25, 0.3) is 0 Å². The average molecular weight is 381 g/mol. The topological polar surface area (TPSA) is 92.4 Å². The van der Waals surface area contributed by atoms with Crippen molar-refractivity contribution in [3.8, 4) is 11.5 Å². The number of H-pyrrole nitrogens is 1. The van der Waals surface area contributed by atoms with Crippen LogP contribution in [0.15, 0.2) is 30.5 Å². The van der Waals surface area contributed by atoms with E-state index in [0.717, 1.165) is 41.0 Å². The lowest BCUT2D eigenvalue weighted by atomic mass is 10.0. The largest absolute Gasteiger partial charge is 0.497 e. The summed E-state index contributed by atoms with van der Waals surface area (Å²) in [4.78, 5) is 19.1. The van der Waals surface area contributed by atoms with Crippen LogP contribution >= 0.6 is 0 Å². The summed E-state index contributed by atoms with van der Waals surface area (Å²) in [6.45, 7) is 2.60. The van der Waals surface area contributed by atoms with Gasteiger partial charge in [0.05, 0.1) is 32.1 Å². The smallest absolute Gasteiger partial charge is 0.322 e. The second-order valence-corrected chi connectivity index (χ2v) is 6.83. The second-order valence-electron chi connectivity index (χ2n) is 6.83. The first kappa shape index (κ1) is 18.1. The zero-order valence-corrected chi connectivity index (χ0v) is 16.2. The number of nitrogens with one attached hydrogen (secondary N) is 2. The average Bonchev–Trinajstić information content (AvgIpc) is 3.35. The van der Waals surface area contributed by atoms with Crippen LogP contribution in [0.5, 0.6) is 11.5 Å². The molecule has 1 atom stereocenters. The van der Waals surface area contributed by atoms with E-state index in [-0.39, 0.29) is 12.1 Å². The molecule has 8 nitrogen and oxygen atoms in total. The van der Waals surface area contributed by atoms with Crippen LogP contribution in [0.2, 0.25) is 0 Å². The molecule has 1 aromatic carbocycles. The van der Waals surface area contributed by atoms with Crippen molar-refractivity contribution in [1.82, 2.24) is 20.1 Å². The van der Waals surface area contributed by atoms with Gasteiger partial charge in [-0.05, 0) is 44.0 Å². The van der Waals surface area contributed by atoms with Crippen LogP contribution in [0.4, 0.5) is 10.5 Å². The SMILES string of the molecule is COc1ccc(OC)c([C@@H]2CCCN2C(=O)Nc2cnc3n[nH]c(C)c3c2)c1. The number of hydrogen-bond acceptors (Lipinski definition) is 5. The number of rotatable bonds is 4. The number of aromatic amines is 1. The standard InChI is InChI=1S/C20H23N5O3/c1-12-15-9-13(11-21-19(15)24-23-12)22-20(26)25-8-4-5-17(25)16-10-14(27-2)6-7-18(16)28-3/h6-7,9-11,17H,4-5,8H2,1-3H3,(H,22,26)(H,21,23,24)/t17-/m0/s1. The van der Waals surface area contributed by atoms with E-state index in [9.17, 15) is 4.79 Å². The van der Waals surface area contributed by atoms with Gasteiger partial charge in [-0.25, -0.2) is 9.78 Å². The Morgan fingerprint density at radius 3 is 2.93 bits per heavy atom. The normalized spacial score (nSPS) is 16.4. The molecule has 0 radical (unpaired) electrons. The number of fused-ring (bicyclic) bond motifs is 1. The fraction of sp³-hybridized carbons (Fsp3) is 0.350. The Hall–Kier alpha value is -3.29. The van der Waals surface area contributed by atoms with Gasteiger partial charge in [0.1, 0.15) is 11.5 Å². The van der Waals surface area contributed by atoms with Crippen LogP contribution in [0, 0.1) is 6.92 Å². The molecule has 1 aliphatic rings. The van der Waals surface area contributed by atoms with Crippen LogP contribution in [-0.2, 0) is 0 Å². The fourth-order valence-corrected chi connectivity index (χ4v) is 3.72. The number of pyridine rings is 1. The van der Waals surface area contributed by atoms with E-state index in [1.807, 2.05) is 36.1 Å². The summed E-state index contributed by atoms with van der Waals surface area (Å²) in [6, 6.07) is 7.33. The molecule has 0 aliphatic carbocycles. The van der Waals surface area contributed by atoms with Crippen molar-refractivity contribution >= 4 is 22.8 Å². The summed E-state index contributed by atoms with van der Waals surface area (Å²) in [5, 5.41) is 10.9. The summed E-state index contributed by atoms with van der Waals surface area (Å²) >= 11 is 0. The summed E-state index contributed by atoms with van der Waals surface area (Å²) in [5.74, 6) is 1.50. The van der Waals surface area contributed by atoms with Gasteiger partial charge in [-0.2, -0.15) is 5.10 Å². The van der Waals surface area contributed by atoms with E-state index in [1.165, 1.54) is 0 Å². The molecule has 4 rings (SSSR count). The Kier molecular flexibility index (Phi) is 4.77. The quantitative estimate of drug-likeness (QED) is 0.720. The highest BCUT2D eigenvalue weighted by Crippen LogP contribution is 2.39. The molecule has 2 amide bonds. The van der Waals surface area contributed by atoms with Crippen molar-refractivity contribution < 1.29 is 14.3 Å². The first-order valence-electron chi connectivity index (χ1n) is 9.21. The Labute approximate surface area is 162 Å². The number of carbonyl (C=O) groups excluding carboxylic acids is 1. The third kappa shape index (κ3) is 3.21. The molecule has 1 fully saturated rings. The molecule has 3 aromatic rings. The van der Waals surface area contributed by atoms with Gasteiger partial charge in [-0.1, -0.05) is 0 Å². The minimum Gasteiger partial charge on any atom is -0.497 e. The molecule has 146 valence electrons. The number of methoxy groups -OCH3 is 2. The van der Waals surface area contributed by atoms with Crippen LogP contribution < -0.4 is 14.8 Å². The number of nitrogens with zero attached hydrogens (tertiary/aromatic N) is 3. The molecule has 0 saturated carbocycles. The molecule has 0 unspecified atom stereocenters. The summed E-state index contributed by atoms with van der Waals surface area (Å²) in [7, 11) is 3.27. The lowest BCUT2D eigenvalue weighted by molar-refractivity contribution is 0.206. The predicted molar refractivity (Wildman–Crippen MR) is 106 cm³/mol. The second kappa shape index (κ2) is 7.38. The third-order valence-electron chi connectivity index (χ3n) is 5.16. The van der Waals surface area contributed by atoms with E-state index in [4.69, 9.17) is 9.47 Å². The molecule has 1 saturated heterocycles. The number of aromatic nitrogens is 3. The highest BCUT2D eigenvalue weighted by atomic mass is 16.5. The highest BCUT2D eigenvalue weighted by Gasteiger charge is 2.32. The lowest BCUT2D eigenvalue weighted by Crippen LogP contribution is -2.34. The van der Waals surface area contributed by atoms with E-state index in [1.54, 1.807) is 20.4 Å². The maximum absolute atomic E-state index is 13.0. The van der Waals surface area contributed by atoms with Crippen molar-refractivity contribution in [2.45, 2.75) is 25.8 Å². The number of urea groups is 1. The van der Waals surface area contributed by atoms with E-state index < -0.39 is 0 Å². The molecule has 8 heteroatoms. The van der Waals surface area contributed by atoms with Gasteiger partial charge < -0.3 is 19.7 Å². The highest BCUT2D eigenvalue weighted by molar-refractivity contribution is 5.92. The van der Waals surface area contributed by atoms with Crippen LogP contribution in [0.1, 0.15) is 30.1 Å². The van der Waals surface area contributed by atoms with E-state index in [0.29, 0.717) is 17.9 Å². The molecular formula is C20H23N5O3. The Morgan fingerprint density at radius 1 is 1.29 bits per heavy atom. The monoisotopic (exact) mass is 381 g/mol. The van der Waals surface area contributed by atoms with Crippen LogP contribution in [0.3, 0.4) is 0 Å². The molecule has 0 bridgehead atoms. The molecule has 3 heterocycles. The number of hydrogen-bond donors (Lipinski definition) is 2. The number of anilines is 1. The zero-order chi connectivity index (χ0) is 19.7. The van der Waals surface area contributed by atoms with Gasteiger partial charge in [-0.15, -0.1) is 0 Å². The van der Waals surface area contributed by atoms with Gasteiger partial charge in [0, 0.05) is 23.2 Å². The number of ether oxygens (including phenoxy) is 2. The zero-order valence-electron chi connectivity index (χ0n) is 16.2. The first-order chi connectivity index (χ1) is 13.6. The number of benzene rings is 1. The van der Waals surface area contributed by atoms with E-state index in [2.05, 4.69) is 20.5 Å². The number of amides is 2. The summed E-state index contributed by atoms with van der Waals surface area (Å²) < 4.78 is 10.9. The minimum absolute atomic E-state index is 0.0719. The van der Waals surface area contributed by atoms with Crippen LogP contribution in [0.25, 0.3) is 11.0 Å². The van der Waals surface area contributed by atoms with Crippen molar-refractivity contribution in [3.05, 3.63) is 41.7 Å². The maximum atomic E-state index is 13.0. The Morgan fingerprint density at radius 2 is 2.14 bits per heavy atom. The maximum Gasteiger partial charge on any atom is 0.322 e. The van der Waals surface area contributed by atoms with Crippen molar-refractivity contribution in [1.29, 1.82) is 0 Å². The number of aryl methyl sites for hydroxylation is 1. The molecule has 2 N–H and O–H groups in total. The molecule has 0 spiro atoms. The van der Waals surface area contributed by atoms with Gasteiger partial charge in [-0.3, -0.25) is 5.10 Å². The van der Waals surface area contributed by atoms with Crippen molar-refractivity contribution in [2.75, 3.05) is 26.1 Å². The first-order valence-corrected chi connectivity index (χ1v) is 9.21. The number of carbonyl (C=O) groups is 1. The molecule has 28 heavy (non-hydrogen) atoms. The number of likely N-dealkylation sites (tertiary alicyclic amines) is 1. The summed E-state index contributed by atoms with van der Waals surface area (Å²) in [6.07, 6.45) is 3.42. The van der Waals surface area contributed by atoms with Gasteiger partial charge in [0.2, 0.25) is 0 Å². The summed E-state index contributed by atoms with van der Waals surface area (Å²) in [5.41, 5.74) is 3.15. The van der Waals surface area contributed by atoms with Crippen molar-refractivity contribution in [2.24, 2.45) is 0 Å². The minimum atomic E-state index is -0.158. The van der Waals surface area contributed by atoms with Crippen LogP contribution in [-0.4, -0.2) is 46.9 Å². The van der Waals surface area contributed by atoms with Crippen molar-refractivity contribution in [3.63, 3.8) is 0 Å². The molecule has 1 aliphatic heterocycles. The van der Waals surface area contributed by atoms with E-state index >= 15 is 0 Å². The Balaban J connectivity index is 1.59. The van der Waals surface area contributed by atoms with Gasteiger partial charge >= 0.3 is 6.03 Å². The Bertz CT molecular complexity index is 1020. The lowest BCUT2D eigenvalue weighted by Gasteiger charge is -2.26. The predicted octanol–water partition coefficient (Wildman–Crippen LogP) is 3.65. The molecule has 2 aromatic heterocycles. The van der Waals surface area contributed by atoms with Gasteiger partial charge in [0.15, 0.2) is 5.65 Å².